The van der Waals surface area contributed by atoms with E-state index in [4.69, 9.17) is 0 Å². The van der Waals surface area contributed by atoms with Crippen LogP contribution in [0.1, 0.15) is 43.6 Å². The van der Waals surface area contributed by atoms with Gasteiger partial charge in [-0.25, -0.2) is 0 Å². The quantitative estimate of drug-likeness (QED) is 0.790. The molecule has 2 rings (SSSR count). The van der Waals surface area contributed by atoms with Crippen molar-refractivity contribution in [2.75, 3.05) is 27.2 Å². The summed E-state index contributed by atoms with van der Waals surface area (Å²) in [5.74, 6) is 0.795. The van der Waals surface area contributed by atoms with Crippen LogP contribution in [0.15, 0.2) is 30.3 Å². The third kappa shape index (κ3) is 4.32. The van der Waals surface area contributed by atoms with Crippen LogP contribution in [0.4, 0.5) is 0 Å². The normalized spacial score (nSPS) is 23.7. The molecular weight excluding hydrogens is 232 g/mol. The Morgan fingerprint density at radius 1 is 1.11 bits per heavy atom. The number of benzene rings is 1. The smallest absolute Gasteiger partial charge is 0.00926 e. The molecule has 0 aliphatic heterocycles. The molecule has 0 unspecified atom stereocenters. The molecule has 0 aromatic heterocycles. The van der Waals surface area contributed by atoms with Gasteiger partial charge in [0.15, 0.2) is 0 Å². The van der Waals surface area contributed by atoms with E-state index >= 15 is 0 Å². The summed E-state index contributed by atoms with van der Waals surface area (Å²) in [6.45, 7) is 2.35. The third-order valence-electron chi connectivity index (χ3n) is 4.53. The van der Waals surface area contributed by atoms with Crippen molar-refractivity contribution in [2.24, 2.45) is 0 Å². The second-order valence-corrected chi connectivity index (χ2v) is 5.85. The molecule has 0 heterocycles. The molecule has 1 aliphatic rings. The van der Waals surface area contributed by atoms with E-state index in [9.17, 15) is 0 Å². The van der Waals surface area contributed by atoms with Crippen LogP contribution < -0.4 is 5.32 Å². The molecule has 0 bridgehead atoms. The SMILES string of the molecule is CNCCCN(C)C1CCC(c2ccccc2)CC1. The predicted octanol–water partition coefficient (Wildman–Crippen LogP) is 3.25. The van der Waals surface area contributed by atoms with E-state index in [0.717, 1.165) is 18.5 Å². The van der Waals surface area contributed by atoms with Crippen molar-refractivity contribution in [3.05, 3.63) is 35.9 Å². The van der Waals surface area contributed by atoms with Crippen LogP contribution in [0, 0.1) is 0 Å². The molecule has 0 saturated heterocycles. The molecule has 19 heavy (non-hydrogen) atoms. The average molecular weight is 260 g/mol. The van der Waals surface area contributed by atoms with E-state index in [1.54, 1.807) is 5.56 Å². The van der Waals surface area contributed by atoms with Crippen LogP contribution in [0.25, 0.3) is 0 Å². The van der Waals surface area contributed by atoms with Gasteiger partial charge in [0.1, 0.15) is 0 Å². The number of nitrogens with zero attached hydrogens (tertiary/aromatic N) is 1. The number of hydrogen-bond acceptors (Lipinski definition) is 2. The Kier molecular flexibility index (Phi) is 5.87. The van der Waals surface area contributed by atoms with Crippen LogP contribution in [0.2, 0.25) is 0 Å². The number of nitrogens with one attached hydrogen (secondary N) is 1. The highest BCUT2D eigenvalue weighted by atomic mass is 15.1. The molecule has 0 spiro atoms. The van der Waals surface area contributed by atoms with Gasteiger partial charge in [0, 0.05) is 6.04 Å². The van der Waals surface area contributed by atoms with Crippen molar-refractivity contribution in [1.82, 2.24) is 10.2 Å². The van der Waals surface area contributed by atoms with E-state index < -0.39 is 0 Å². The van der Waals surface area contributed by atoms with Gasteiger partial charge in [0.05, 0.1) is 0 Å². The Morgan fingerprint density at radius 3 is 2.42 bits per heavy atom. The zero-order valence-corrected chi connectivity index (χ0v) is 12.4. The molecule has 1 aliphatic carbocycles. The monoisotopic (exact) mass is 260 g/mol. The minimum atomic E-state index is 0.795. The van der Waals surface area contributed by atoms with Gasteiger partial charge in [-0.1, -0.05) is 30.3 Å². The minimum Gasteiger partial charge on any atom is -0.320 e. The maximum Gasteiger partial charge on any atom is 0.00926 e. The van der Waals surface area contributed by atoms with Crippen LogP contribution in [0.3, 0.4) is 0 Å². The van der Waals surface area contributed by atoms with Crippen molar-refractivity contribution in [2.45, 2.75) is 44.1 Å². The summed E-state index contributed by atoms with van der Waals surface area (Å²) in [5.41, 5.74) is 1.54. The first-order valence-electron chi connectivity index (χ1n) is 7.71. The highest BCUT2D eigenvalue weighted by molar-refractivity contribution is 5.20. The molecule has 2 heteroatoms. The Labute approximate surface area is 118 Å². The summed E-state index contributed by atoms with van der Waals surface area (Å²) in [5, 5.41) is 3.23. The first kappa shape index (κ1) is 14.5. The largest absolute Gasteiger partial charge is 0.320 e. The van der Waals surface area contributed by atoms with E-state index in [-0.39, 0.29) is 0 Å². The lowest BCUT2D eigenvalue weighted by molar-refractivity contribution is 0.181. The number of hydrogen-bond donors (Lipinski definition) is 1. The van der Waals surface area contributed by atoms with Crippen LogP contribution in [0.5, 0.6) is 0 Å². The molecule has 0 atom stereocenters. The number of rotatable bonds is 6. The Morgan fingerprint density at radius 2 is 1.79 bits per heavy atom. The van der Waals surface area contributed by atoms with Crippen LogP contribution >= 0.6 is 0 Å². The van der Waals surface area contributed by atoms with Gasteiger partial charge in [-0.15, -0.1) is 0 Å². The van der Waals surface area contributed by atoms with Gasteiger partial charge < -0.3 is 10.2 Å². The topological polar surface area (TPSA) is 15.3 Å². The average Bonchev–Trinajstić information content (AvgIpc) is 2.48. The molecule has 1 aromatic carbocycles. The molecule has 0 radical (unpaired) electrons. The molecule has 2 nitrogen and oxygen atoms in total. The minimum absolute atomic E-state index is 0.795. The third-order valence-corrected chi connectivity index (χ3v) is 4.53. The molecule has 1 N–H and O–H groups in total. The molecule has 106 valence electrons. The van der Waals surface area contributed by atoms with Crippen molar-refractivity contribution in [1.29, 1.82) is 0 Å². The van der Waals surface area contributed by atoms with E-state index in [1.165, 1.54) is 38.6 Å². The van der Waals surface area contributed by atoms with E-state index in [0.29, 0.717) is 0 Å². The van der Waals surface area contributed by atoms with E-state index in [2.05, 4.69) is 47.6 Å². The van der Waals surface area contributed by atoms with Gasteiger partial charge in [0.25, 0.3) is 0 Å². The fourth-order valence-electron chi connectivity index (χ4n) is 3.26. The summed E-state index contributed by atoms with van der Waals surface area (Å²) < 4.78 is 0. The fourth-order valence-corrected chi connectivity index (χ4v) is 3.26. The first-order chi connectivity index (χ1) is 9.31. The molecule has 1 fully saturated rings. The maximum atomic E-state index is 3.23. The second-order valence-electron chi connectivity index (χ2n) is 5.85. The van der Waals surface area contributed by atoms with Gasteiger partial charge in [0.2, 0.25) is 0 Å². The van der Waals surface area contributed by atoms with Crippen molar-refractivity contribution < 1.29 is 0 Å². The van der Waals surface area contributed by atoms with Gasteiger partial charge in [-0.2, -0.15) is 0 Å². The van der Waals surface area contributed by atoms with Gasteiger partial charge in [-0.05, 0) is 70.8 Å². The summed E-state index contributed by atoms with van der Waals surface area (Å²) in [4.78, 5) is 2.57. The van der Waals surface area contributed by atoms with E-state index in [1.807, 2.05) is 7.05 Å². The summed E-state index contributed by atoms with van der Waals surface area (Å²) >= 11 is 0. The maximum absolute atomic E-state index is 3.23. The summed E-state index contributed by atoms with van der Waals surface area (Å²) in [6, 6.07) is 11.8. The lowest BCUT2D eigenvalue weighted by Gasteiger charge is -2.35. The van der Waals surface area contributed by atoms with Crippen LogP contribution in [-0.4, -0.2) is 38.1 Å². The predicted molar refractivity (Wildman–Crippen MR) is 82.6 cm³/mol. The van der Waals surface area contributed by atoms with Crippen molar-refractivity contribution >= 4 is 0 Å². The Bertz CT molecular complexity index is 342. The van der Waals surface area contributed by atoms with Crippen LogP contribution in [-0.2, 0) is 0 Å². The molecule has 1 aromatic rings. The first-order valence-corrected chi connectivity index (χ1v) is 7.71. The molecule has 1 saturated carbocycles. The molecule has 0 amide bonds. The second kappa shape index (κ2) is 7.66. The lowest BCUT2D eigenvalue weighted by Crippen LogP contribution is -2.36. The fraction of sp³-hybridized carbons (Fsp3) is 0.647. The Balaban J connectivity index is 1.76. The summed E-state index contributed by atoms with van der Waals surface area (Å²) in [7, 11) is 4.33. The summed E-state index contributed by atoms with van der Waals surface area (Å²) in [6.07, 6.45) is 6.67. The van der Waals surface area contributed by atoms with Gasteiger partial charge >= 0.3 is 0 Å². The zero-order chi connectivity index (χ0) is 13.5. The standard InChI is InChI=1S/C17H28N2/c1-18-13-6-14-19(2)17-11-9-16(10-12-17)15-7-4-3-5-8-15/h3-5,7-8,16-18H,6,9-14H2,1-2H3. The van der Waals surface area contributed by atoms with Gasteiger partial charge in [-0.3, -0.25) is 0 Å². The Hall–Kier alpha value is -0.860. The van der Waals surface area contributed by atoms with Crippen molar-refractivity contribution in [3.8, 4) is 0 Å². The highest BCUT2D eigenvalue weighted by Crippen LogP contribution is 2.34. The lowest BCUT2D eigenvalue weighted by atomic mass is 9.81. The van der Waals surface area contributed by atoms with Crippen molar-refractivity contribution in [3.63, 3.8) is 0 Å². The molecular formula is C17H28N2. The zero-order valence-electron chi connectivity index (χ0n) is 12.4. The highest BCUT2D eigenvalue weighted by Gasteiger charge is 2.24.